The molecule has 1 aliphatic carbocycles. The summed E-state index contributed by atoms with van der Waals surface area (Å²) in [6.07, 6.45) is 3.43. The first-order valence-electron chi connectivity index (χ1n) is 7.35. The standard InChI is InChI=1S/C18H20N2O/c1-18(13-14-7-3-4-9-16(14)18)17(21)20(2)12-10-15-8-5-6-11-19-15/h3-9,11H,10,12-13H2,1-2H3. The van der Waals surface area contributed by atoms with Crippen LogP contribution in [-0.2, 0) is 23.1 Å². The highest BCUT2D eigenvalue weighted by atomic mass is 16.2. The number of hydrogen-bond acceptors (Lipinski definition) is 2. The molecule has 0 bridgehead atoms. The fourth-order valence-corrected chi connectivity index (χ4v) is 3.12. The maximum Gasteiger partial charge on any atom is 0.233 e. The minimum absolute atomic E-state index is 0.206. The average molecular weight is 280 g/mol. The van der Waals surface area contributed by atoms with Gasteiger partial charge in [-0.05, 0) is 36.6 Å². The molecule has 1 aliphatic rings. The van der Waals surface area contributed by atoms with Gasteiger partial charge in [-0.25, -0.2) is 0 Å². The summed E-state index contributed by atoms with van der Waals surface area (Å²) >= 11 is 0. The SMILES string of the molecule is CN(CCc1ccccn1)C(=O)C1(C)Cc2ccccc21. The molecule has 3 rings (SSSR count). The number of carbonyl (C=O) groups excluding carboxylic acids is 1. The molecule has 0 spiro atoms. The highest BCUT2D eigenvalue weighted by Crippen LogP contribution is 2.41. The fourth-order valence-electron chi connectivity index (χ4n) is 3.12. The number of rotatable bonds is 4. The summed E-state index contributed by atoms with van der Waals surface area (Å²) < 4.78 is 0. The van der Waals surface area contributed by atoms with E-state index >= 15 is 0 Å². The summed E-state index contributed by atoms with van der Waals surface area (Å²) in [5.41, 5.74) is 3.15. The lowest BCUT2D eigenvalue weighted by atomic mass is 9.64. The Kier molecular flexibility index (Phi) is 3.50. The molecule has 1 atom stereocenters. The van der Waals surface area contributed by atoms with Crippen molar-refractivity contribution >= 4 is 5.91 Å². The predicted octanol–water partition coefficient (Wildman–Crippen LogP) is 2.60. The van der Waals surface area contributed by atoms with Crippen molar-refractivity contribution in [3.05, 3.63) is 65.5 Å². The molecule has 0 saturated carbocycles. The van der Waals surface area contributed by atoms with E-state index in [1.807, 2.05) is 42.3 Å². The van der Waals surface area contributed by atoms with Gasteiger partial charge in [-0.1, -0.05) is 30.3 Å². The topological polar surface area (TPSA) is 33.2 Å². The van der Waals surface area contributed by atoms with E-state index in [0.717, 1.165) is 18.5 Å². The van der Waals surface area contributed by atoms with Crippen molar-refractivity contribution in [2.45, 2.75) is 25.2 Å². The zero-order valence-corrected chi connectivity index (χ0v) is 12.5. The second-order valence-electron chi connectivity index (χ2n) is 5.96. The maximum absolute atomic E-state index is 12.7. The molecule has 3 heteroatoms. The summed E-state index contributed by atoms with van der Waals surface area (Å²) in [5, 5.41) is 0. The van der Waals surface area contributed by atoms with Crippen LogP contribution in [0.1, 0.15) is 23.7 Å². The summed E-state index contributed by atoms with van der Waals surface area (Å²) in [6, 6.07) is 14.1. The van der Waals surface area contributed by atoms with Crippen LogP contribution < -0.4 is 0 Å². The lowest BCUT2D eigenvalue weighted by molar-refractivity contribution is -0.136. The molecule has 1 unspecified atom stereocenters. The van der Waals surface area contributed by atoms with Gasteiger partial charge in [0.25, 0.3) is 0 Å². The quantitative estimate of drug-likeness (QED) is 0.862. The third-order valence-electron chi connectivity index (χ3n) is 4.40. The largest absolute Gasteiger partial charge is 0.345 e. The Bertz CT molecular complexity index is 653. The number of amides is 1. The molecule has 1 heterocycles. The Balaban J connectivity index is 1.66. The summed E-state index contributed by atoms with van der Waals surface area (Å²) in [4.78, 5) is 18.9. The van der Waals surface area contributed by atoms with E-state index in [0.29, 0.717) is 6.54 Å². The molecule has 3 nitrogen and oxygen atoms in total. The molecule has 0 fully saturated rings. The summed E-state index contributed by atoms with van der Waals surface area (Å²) in [5.74, 6) is 0.206. The molecule has 0 aliphatic heterocycles. The van der Waals surface area contributed by atoms with Crippen LogP contribution >= 0.6 is 0 Å². The second-order valence-corrected chi connectivity index (χ2v) is 5.96. The van der Waals surface area contributed by atoms with Crippen molar-refractivity contribution in [3.8, 4) is 0 Å². The zero-order chi connectivity index (χ0) is 14.9. The first-order chi connectivity index (χ1) is 10.1. The number of hydrogen-bond donors (Lipinski definition) is 0. The number of nitrogens with zero attached hydrogens (tertiary/aromatic N) is 2. The number of fused-ring (bicyclic) bond motifs is 1. The van der Waals surface area contributed by atoms with Crippen LogP contribution in [0.3, 0.4) is 0 Å². The molecule has 1 aromatic carbocycles. The van der Waals surface area contributed by atoms with Crippen molar-refractivity contribution < 1.29 is 4.79 Å². The van der Waals surface area contributed by atoms with Crippen LogP contribution in [0.4, 0.5) is 0 Å². The second kappa shape index (κ2) is 5.32. The summed E-state index contributed by atoms with van der Waals surface area (Å²) in [6.45, 7) is 2.75. The Labute approximate surface area is 125 Å². The van der Waals surface area contributed by atoms with Gasteiger partial charge >= 0.3 is 0 Å². The molecular weight excluding hydrogens is 260 g/mol. The molecule has 1 amide bonds. The third kappa shape index (κ3) is 2.44. The molecule has 0 N–H and O–H groups in total. The Morgan fingerprint density at radius 1 is 1.24 bits per heavy atom. The van der Waals surface area contributed by atoms with Gasteiger partial charge in [-0.3, -0.25) is 9.78 Å². The van der Waals surface area contributed by atoms with Crippen LogP contribution in [-0.4, -0.2) is 29.4 Å². The van der Waals surface area contributed by atoms with Crippen LogP contribution in [0.5, 0.6) is 0 Å². The van der Waals surface area contributed by atoms with E-state index < -0.39 is 0 Å². The van der Waals surface area contributed by atoms with Crippen molar-refractivity contribution in [3.63, 3.8) is 0 Å². The van der Waals surface area contributed by atoms with Gasteiger partial charge in [-0.15, -0.1) is 0 Å². The average Bonchev–Trinajstić information content (AvgIpc) is 2.51. The molecule has 2 aromatic rings. The van der Waals surface area contributed by atoms with Crippen LogP contribution in [0.15, 0.2) is 48.7 Å². The highest BCUT2D eigenvalue weighted by Gasteiger charge is 2.45. The van der Waals surface area contributed by atoms with Crippen molar-refractivity contribution in [2.24, 2.45) is 0 Å². The van der Waals surface area contributed by atoms with E-state index in [-0.39, 0.29) is 11.3 Å². The van der Waals surface area contributed by atoms with Crippen LogP contribution in [0.25, 0.3) is 0 Å². The minimum Gasteiger partial charge on any atom is -0.345 e. The van der Waals surface area contributed by atoms with Crippen molar-refractivity contribution in [2.75, 3.05) is 13.6 Å². The molecular formula is C18H20N2O. The molecule has 21 heavy (non-hydrogen) atoms. The van der Waals surface area contributed by atoms with Gasteiger partial charge in [0.15, 0.2) is 0 Å². The Morgan fingerprint density at radius 3 is 2.71 bits per heavy atom. The molecule has 1 aromatic heterocycles. The van der Waals surface area contributed by atoms with Gasteiger partial charge in [0.2, 0.25) is 5.91 Å². The monoisotopic (exact) mass is 280 g/mol. The summed E-state index contributed by atoms with van der Waals surface area (Å²) in [7, 11) is 1.89. The number of benzene rings is 1. The number of aromatic nitrogens is 1. The predicted molar refractivity (Wildman–Crippen MR) is 83.1 cm³/mol. The molecule has 0 radical (unpaired) electrons. The lowest BCUT2D eigenvalue weighted by Gasteiger charge is -2.42. The van der Waals surface area contributed by atoms with Crippen LogP contribution in [0.2, 0.25) is 0 Å². The number of carbonyl (C=O) groups is 1. The maximum atomic E-state index is 12.7. The van der Waals surface area contributed by atoms with E-state index in [2.05, 4.69) is 24.0 Å². The van der Waals surface area contributed by atoms with Crippen LogP contribution in [0, 0.1) is 0 Å². The van der Waals surface area contributed by atoms with Gasteiger partial charge in [-0.2, -0.15) is 0 Å². The van der Waals surface area contributed by atoms with Crippen molar-refractivity contribution in [1.29, 1.82) is 0 Å². The van der Waals surface area contributed by atoms with E-state index in [9.17, 15) is 4.79 Å². The highest BCUT2D eigenvalue weighted by molar-refractivity contribution is 5.91. The number of pyridine rings is 1. The van der Waals surface area contributed by atoms with Gasteiger partial charge < -0.3 is 4.90 Å². The minimum atomic E-state index is -0.352. The van der Waals surface area contributed by atoms with Gasteiger partial charge in [0, 0.05) is 31.9 Å². The van der Waals surface area contributed by atoms with E-state index in [4.69, 9.17) is 0 Å². The van der Waals surface area contributed by atoms with E-state index in [1.54, 1.807) is 6.20 Å². The first kappa shape index (κ1) is 13.8. The van der Waals surface area contributed by atoms with Gasteiger partial charge in [0.1, 0.15) is 0 Å². The number of likely N-dealkylation sites (N-methyl/N-ethyl adjacent to an activating group) is 1. The molecule has 108 valence electrons. The first-order valence-corrected chi connectivity index (χ1v) is 7.35. The van der Waals surface area contributed by atoms with Gasteiger partial charge in [0.05, 0.1) is 5.41 Å². The molecule has 0 saturated heterocycles. The lowest BCUT2D eigenvalue weighted by Crippen LogP contribution is -2.50. The Morgan fingerprint density at radius 2 is 2.00 bits per heavy atom. The zero-order valence-electron chi connectivity index (χ0n) is 12.5. The normalized spacial score (nSPS) is 19.5. The smallest absolute Gasteiger partial charge is 0.233 e. The fraction of sp³-hybridized carbons (Fsp3) is 0.333. The third-order valence-corrected chi connectivity index (χ3v) is 4.40. The van der Waals surface area contributed by atoms with E-state index in [1.165, 1.54) is 11.1 Å². The van der Waals surface area contributed by atoms with Crippen molar-refractivity contribution in [1.82, 2.24) is 9.88 Å². The Hall–Kier alpha value is -2.16.